The molecule has 0 radical (unpaired) electrons. The number of rotatable bonds is 5. The number of fused-ring (bicyclic) bond motifs is 5. The van der Waals surface area contributed by atoms with E-state index in [2.05, 4.69) is 34.6 Å². The Balaban J connectivity index is 1.50. The maximum Gasteiger partial charge on any atom is 0.0543 e. The molecule has 4 aliphatic rings. The Hall–Kier alpha value is -0.0800. The monoisotopic (exact) mass is 403 g/mol. The van der Waals surface area contributed by atoms with Gasteiger partial charge in [-0.05, 0) is 104 Å². The average Bonchev–Trinajstić information content (AvgIpc) is 3.00. The Labute approximate surface area is 180 Å². The molecule has 0 heterocycles. The fourth-order valence-electron chi connectivity index (χ4n) is 9.32. The van der Waals surface area contributed by atoms with Gasteiger partial charge in [0.1, 0.15) is 0 Å². The molecule has 0 aromatic heterocycles. The Morgan fingerprint density at radius 3 is 2.31 bits per heavy atom. The lowest BCUT2D eigenvalue weighted by atomic mass is 9.43. The van der Waals surface area contributed by atoms with Crippen molar-refractivity contribution >= 4 is 0 Å². The van der Waals surface area contributed by atoms with Crippen molar-refractivity contribution in [3.05, 3.63) is 0 Å². The van der Waals surface area contributed by atoms with Crippen LogP contribution in [-0.4, -0.2) is 17.3 Å². The first-order chi connectivity index (χ1) is 13.7. The van der Waals surface area contributed by atoms with Crippen molar-refractivity contribution in [2.24, 2.45) is 58.0 Å². The lowest BCUT2D eigenvalue weighted by molar-refractivity contribution is -0.136. The third-order valence-corrected chi connectivity index (χ3v) is 10.9. The van der Waals surface area contributed by atoms with Crippen molar-refractivity contribution in [2.45, 2.75) is 117 Å². The molecule has 2 heteroatoms. The SMILES string of the molecule is CC(C)CCC[C@@H](C)[C@H]1CC[C@H]2[C@@H]3[C@@H](N)CC4C[C@@H](O)CC[C@]4(C)[C@H]3CC[C@]12C. The Kier molecular flexibility index (Phi) is 6.19. The van der Waals surface area contributed by atoms with Crippen LogP contribution in [0.25, 0.3) is 0 Å². The van der Waals surface area contributed by atoms with Gasteiger partial charge in [-0.1, -0.05) is 53.9 Å². The third-order valence-electron chi connectivity index (χ3n) is 10.9. The van der Waals surface area contributed by atoms with E-state index in [4.69, 9.17) is 5.73 Å². The first-order valence-electron chi connectivity index (χ1n) is 13.1. The predicted octanol–water partition coefficient (Wildman–Crippen LogP) is 6.41. The fourth-order valence-corrected chi connectivity index (χ4v) is 9.32. The molecular formula is C27H49NO. The Morgan fingerprint density at radius 2 is 1.59 bits per heavy atom. The Morgan fingerprint density at radius 1 is 0.897 bits per heavy atom. The normalized spacial score (nSPS) is 50.7. The highest BCUT2D eigenvalue weighted by atomic mass is 16.3. The van der Waals surface area contributed by atoms with Crippen LogP contribution in [0.4, 0.5) is 0 Å². The van der Waals surface area contributed by atoms with E-state index in [-0.39, 0.29) is 6.10 Å². The van der Waals surface area contributed by atoms with Gasteiger partial charge in [-0.3, -0.25) is 0 Å². The molecule has 0 aromatic carbocycles. The lowest BCUT2D eigenvalue weighted by Crippen LogP contribution is -2.60. The summed E-state index contributed by atoms with van der Waals surface area (Å²) >= 11 is 0. The highest BCUT2D eigenvalue weighted by Gasteiger charge is 2.62. The molecule has 168 valence electrons. The van der Waals surface area contributed by atoms with Gasteiger partial charge in [-0.25, -0.2) is 0 Å². The topological polar surface area (TPSA) is 46.2 Å². The van der Waals surface area contributed by atoms with Crippen LogP contribution in [0.15, 0.2) is 0 Å². The minimum absolute atomic E-state index is 0.0757. The van der Waals surface area contributed by atoms with Crippen LogP contribution >= 0.6 is 0 Å². The highest BCUT2D eigenvalue weighted by molar-refractivity contribution is 5.12. The van der Waals surface area contributed by atoms with Gasteiger partial charge in [0.15, 0.2) is 0 Å². The molecule has 0 aliphatic heterocycles. The zero-order valence-corrected chi connectivity index (χ0v) is 20.0. The molecule has 4 saturated carbocycles. The van der Waals surface area contributed by atoms with Gasteiger partial charge in [-0.15, -0.1) is 0 Å². The Bertz CT molecular complexity index is 575. The number of aliphatic hydroxyl groups is 1. The minimum Gasteiger partial charge on any atom is -0.393 e. The average molecular weight is 404 g/mol. The van der Waals surface area contributed by atoms with Crippen LogP contribution < -0.4 is 5.73 Å². The van der Waals surface area contributed by atoms with Crippen LogP contribution in [-0.2, 0) is 0 Å². The van der Waals surface area contributed by atoms with Crippen LogP contribution in [0.5, 0.6) is 0 Å². The van der Waals surface area contributed by atoms with E-state index < -0.39 is 0 Å². The summed E-state index contributed by atoms with van der Waals surface area (Å²) in [5.41, 5.74) is 7.92. The van der Waals surface area contributed by atoms with Crippen molar-refractivity contribution in [2.75, 3.05) is 0 Å². The smallest absolute Gasteiger partial charge is 0.0543 e. The van der Waals surface area contributed by atoms with Crippen molar-refractivity contribution in [3.8, 4) is 0 Å². The highest BCUT2D eigenvalue weighted by Crippen LogP contribution is 2.68. The van der Waals surface area contributed by atoms with E-state index in [1.165, 1.54) is 51.4 Å². The first kappa shape index (κ1) is 22.1. The molecule has 29 heavy (non-hydrogen) atoms. The number of aliphatic hydroxyl groups excluding tert-OH is 1. The third kappa shape index (κ3) is 3.73. The fraction of sp³-hybridized carbons (Fsp3) is 1.00. The number of hydrogen-bond acceptors (Lipinski definition) is 2. The van der Waals surface area contributed by atoms with Gasteiger partial charge in [-0.2, -0.15) is 0 Å². The van der Waals surface area contributed by atoms with Crippen molar-refractivity contribution in [1.29, 1.82) is 0 Å². The zero-order valence-electron chi connectivity index (χ0n) is 20.0. The molecule has 10 atom stereocenters. The molecule has 0 bridgehead atoms. The molecule has 0 aromatic rings. The summed E-state index contributed by atoms with van der Waals surface area (Å²) in [4.78, 5) is 0. The largest absolute Gasteiger partial charge is 0.393 e. The second-order valence-corrected chi connectivity index (χ2v) is 12.9. The van der Waals surface area contributed by atoms with E-state index in [0.29, 0.717) is 22.8 Å². The molecular weight excluding hydrogens is 354 g/mol. The molecule has 4 fully saturated rings. The quantitative estimate of drug-likeness (QED) is 0.557. The molecule has 0 spiro atoms. The standard InChI is InChI=1S/C27H49NO/c1-17(2)7-6-8-18(3)21-9-10-22-25-23(12-14-27(21,22)5)26(4)13-11-20(29)15-19(26)16-24(25)28/h17-25,29H,6-16,28H2,1-5H3/t18-,19?,20+,21-,22+,23+,24+,25+,26+,27-/m1/s1. The van der Waals surface area contributed by atoms with Gasteiger partial charge in [0, 0.05) is 6.04 Å². The van der Waals surface area contributed by atoms with E-state index in [1.807, 2.05) is 0 Å². The molecule has 0 saturated heterocycles. The predicted molar refractivity (Wildman–Crippen MR) is 122 cm³/mol. The van der Waals surface area contributed by atoms with Crippen molar-refractivity contribution in [1.82, 2.24) is 0 Å². The van der Waals surface area contributed by atoms with Crippen molar-refractivity contribution < 1.29 is 5.11 Å². The molecule has 0 amide bonds. The zero-order chi connectivity index (χ0) is 21.0. The summed E-state index contributed by atoms with van der Waals surface area (Å²) in [6, 6.07) is 0.364. The van der Waals surface area contributed by atoms with E-state index in [1.54, 1.807) is 0 Å². The van der Waals surface area contributed by atoms with Crippen molar-refractivity contribution in [3.63, 3.8) is 0 Å². The summed E-state index contributed by atoms with van der Waals surface area (Å²) < 4.78 is 0. The number of nitrogens with two attached hydrogens (primary N) is 1. The van der Waals surface area contributed by atoms with E-state index >= 15 is 0 Å². The van der Waals surface area contributed by atoms with Crippen LogP contribution in [0.2, 0.25) is 0 Å². The second-order valence-electron chi connectivity index (χ2n) is 12.9. The van der Waals surface area contributed by atoms with Gasteiger partial charge in [0.05, 0.1) is 6.10 Å². The van der Waals surface area contributed by atoms with Crippen LogP contribution in [0.3, 0.4) is 0 Å². The first-order valence-corrected chi connectivity index (χ1v) is 13.1. The van der Waals surface area contributed by atoms with E-state index in [9.17, 15) is 5.11 Å². The van der Waals surface area contributed by atoms with Gasteiger partial charge in [0.2, 0.25) is 0 Å². The molecule has 3 N–H and O–H groups in total. The molecule has 4 aliphatic carbocycles. The maximum atomic E-state index is 10.3. The summed E-state index contributed by atoms with van der Waals surface area (Å²) in [6.45, 7) is 12.5. The summed E-state index contributed by atoms with van der Waals surface area (Å²) in [7, 11) is 0. The molecule has 4 rings (SSSR count). The summed E-state index contributed by atoms with van der Waals surface area (Å²) in [5, 5.41) is 10.3. The van der Waals surface area contributed by atoms with Gasteiger partial charge >= 0.3 is 0 Å². The van der Waals surface area contributed by atoms with Crippen LogP contribution in [0.1, 0.15) is 105 Å². The van der Waals surface area contributed by atoms with Crippen LogP contribution in [0, 0.1) is 52.3 Å². The maximum absolute atomic E-state index is 10.3. The number of hydrogen-bond donors (Lipinski definition) is 2. The van der Waals surface area contributed by atoms with Gasteiger partial charge in [0.25, 0.3) is 0 Å². The summed E-state index contributed by atoms with van der Waals surface area (Å²) in [5.74, 6) is 5.65. The minimum atomic E-state index is -0.0757. The van der Waals surface area contributed by atoms with E-state index in [0.717, 1.165) is 54.8 Å². The lowest BCUT2D eigenvalue weighted by Gasteiger charge is -2.63. The van der Waals surface area contributed by atoms with Gasteiger partial charge < -0.3 is 10.8 Å². The second kappa shape index (κ2) is 8.12. The molecule has 1 unspecified atom stereocenters. The summed E-state index contributed by atoms with van der Waals surface area (Å²) in [6.07, 6.45) is 14.2. The molecule has 2 nitrogen and oxygen atoms in total.